The van der Waals surface area contributed by atoms with Crippen LogP contribution >= 0.6 is 0 Å². The van der Waals surface area contributed by atoms with Gasteiger partial charge in [-0.3, -0.25) is 14.5 Å². The summed E-state index contributed by atoms with van der Waals surface area (Å²) in [5.41, 5.74) is 2.89. The number of aromatic nitrogens is 3. The van der Waals surface area contributed by atoms with Crippen LogP contribution in [0.1, 0.15) is 25.5 Å². The Balaban J connectivity index is 1.57. The number of hydrogen-bond acceptors (Lipinski definition) is 4. The molecule has 1 atom stereocenters. The van der Waals surface area contributed by atoms with E-state index in [0.717, 1.165) is 11.1 Å². The number of amides is 1. The van der Waals surface area contributed by atoms with E-state index < -0.39 is 11.7 Å². The average molecular weight is 400 g/mol. The number of carbonyl (C=O) groups is 1. The Morgan fingerprint density at radius 2 is 1.67 bits per heavy atom. The van der Waals surface area contributed by atoms with Gasteiger partial charge in [0.05, 0.1) is 22.9 Å². The lowest BCUT2D eigenvalue weighted by atomic mass is 9.91. The van der Waals surface area contributed by atoms with Crippen molar-refractivity contribution in [1.82, 2.24) is 14.5 Å². The molecule has 0 unspecified atom stereocenters. The average Bonchev–Trinajstić information content (AvgIpc) is 3.20. The quantitative estimate of drug-likeness (QED) is 0.559. The van der Waals surface area contributed by atoms with Crippen LogP contribution in [0.4, 0.5) is 10.5 Å². The molecule has 1 aliphatic rings. The second kappa shape index (κ2) is 6.59. The van der Waals surface area contributed by atoms with Crippen molar-refractivity contribution in [3.8, 4) is 5.69 Å². The summed E-state index contributed by atoms with van der Waals surface area (Å²) in [7, 11) is 0. The normalized spacial score (nSPS) is 18.0. The second-order valence-corrected chi connectivity index (χ2v) is 7.83. The van der Waals surface area contributed by atoms with Crippen LogP contribution in [0.2, 0.25) is 0 Å². The van der Waals surface area contributed by atoms with E-state index in [-0.39, 0.29) is 11.7 Å². The first-order chi connectivity index (χ1) is 14.5. The van der Waals surface area contributed by atoms with Gasteiger partial charge in [0.15, 0.2) is 0 Å². The molecule has 0 bridgehead atoms. The number of rotatable bonds is 3. The standard InChI is InChI=1S/C23H20N4O3/c1-23(2)20(15-6-4-3-5-7-15)27(22(29)30-23)17-10-8-16(9-11-17)26-19-12-13-24-14-18(19)25-21(26)28/h3-14,20H,1-2H3,(H,25,28)/t20-/m0/s1. The topological polar surface area (TPSA) is 80.2 Å². The fourth-order valence-corrected chi connectivity index (χ4v) is 4.16. The SMILES string of the molecule is CC1(C)OC(=O)N(c2ccc(-n3c(=O)[nH]c4cnccc43)cc2)[C@H]1c1ccccc1. The van der Waals surface area contributed by atoms with Crippen LogP contribution in [0, 0.1) is 0 Å². The van der Waals surface area contributed by atoms with Crippen molar-refractivity contribution in [3.05, 3.63) is 89.1 Å². The molecule has 1 amide bonds. The van der Waals surface area contributed by atoms with Gasteiger partial charge in [-0.05, 0) is 49.7 Å². The minimum atomic E-state index is -0.683. The third-order valence-electron chi connectivity index (χ3n) is 5.45. The van der Waals surface area contributed by atoms with Gasteiger partial charge >= 0.3 is 11.8 Å². The summed E-state index contributed by atoms with van der Waals surface area (Å²) in [5.74, 6) is 0. The first-order valence-corrected chi connectivity index (χ1v) is 9.68. The van der Waals surface area contributed by atoms with Crippen molar-refractivity contribution in [1.29, 1.82) is 0 Å². The maximum atomic E-state index is 12.8. The molecule has 2 aromatic carbocycles. The molecule has 1 saturated heterocycles. The molecule has 7 heteroatoms. The highest BCUT2D eigenvalue weighted by atomic mass is 16.6. The fraction of sp³-hybridized carbons (Fsp3) is 0.174. The molecule has 2 aromatic heterocycles. The Kier molecular flexibility index (Phi) is 3.99. The lowest BCUT2D eigenvalue weighted by Gasteiger charge is -2.29. The molecule has 5 rings (SSSR count). The highest BCUT2D eigenvalue weighted by molar-refractivity contribution is 5.91. The van der Waals surface area contributed by atoms with E-state index in [2.05, 4.69) is 9.97 Å². The molecule has 1 fully saturated rings. The molecule has 3 heterocycles. The maximum Gasteiger partial charge on any atom is 0.415 e. The Morgan fingerprint density at radius 3 is 2.40 bits per heavy atom. The summed E-state index contributed by atoms with van der Waals surface area (Å²) in [5, 5.41) is 0. The van der Waals surface area contributed by atoms with Gasteiger partial charge in [0.1, 0.15) is 11.6 Å². The van der Waals surface area contributed by atoms with E-state index in [4.69, 9.17) is 4.74 Å². The number of fused-ring (bicyclic) bond motifs is 1. The molecule has 0 aliphatic carbocycles. The van der Waals surface area contributed by atoms with E-state index in [1.807, 2.05) is 68.4 Å². The lowest BCUT2D eigenvalue weighted by Crippen LogP contribution is -2.33. The second-order valence-electron chi connectivity index (χ2n) is 7.83. The molecule has 1 N–H and O–H groups in total. The fourth-order valence-electron chi connectivity index (χ4n) is 4.16. The van der Waals surface area contributed by atoms with Crippen LogP contribution in [-0.4, -0.2) is 26.2 Å². The van der Waals surface area contributed by atoms with E-state index in [0.29, 0.717) is 16.9 Å². The number of hydrogen-bond donors (Lipinski definition) is 1. The van der Waals surface area contributed by atoms with Gasteiger partial charge in [0.25, 0.3) is 0 Å². The summed E-state index contributed by atoms with van der Waals surface area (Å²) in [4.78, 5) is 33.7. The summed E-state index contributed by atoms with van der Waals surface area (Å²) in [6, 6.07) is 18.7. The van der Waals surface area contributed by atoms with Crippen LogP contribution in [-0.2, 0) is 4.74 Å². The van der Waals surface area contributed by atoms with Crippen molar-refractivity contribution >= 4 is 22.8 Å². The lowest BCUT2D eigenvalue weighted by molar-refractivity contribution is 0.0685. The first-order valence-electron chi connectivity index (χ1n) is 9.68. The van der Waals surface area contributed by atoms with Gasteiger partial charge < -0.3 is 9.72 Å². The van der Waals surface area contributed by atoms with Crippen LogP contribution in [0.15, 0.2) is 77.9 Å². The number of pyridine rings is 1. The zero-order valence-electron chi connectivity index (χ0n) is 16.6. The number of benzene rings is 2. The molecule has 7 nitrogen and oxygen atoms in total. The number of ether oxygens (including phenoxy) is 1. The number of nitrogens with one attached hydrogen (secondary N) is 1. The zero-order chi connectivity index (χ0) is 20.9. The van der Waals surface area contributed by atoms with Gasteiger partial charge in [-0.25, -0.2) is 9.59 Å². The maximum absolute atomic E-state index is 12.8. The molecule has 1 aliphatic heterocycles. The van der Waals surface area contributed by atoms with Crippen molar-refractivity contribution < 1.29 is 9.53 Å². The van der Waals surface area contributed by atoms with Gasteiger partial charge in [0, 0.05) is 11.9 Å². The van der Waals surface area contributed by atoms with Crippen LogP contribution in [0.5, 0.6) is 0 Å². The Bertz CT molecular complexity index is 1290. The number of H-pyrrole nitrogens is 1. The first kappa shape index (κ1) is 18.2. The zero-order valence-corrected chi connectivity index (χ0v) is 16.6. The van der Waals surface area contributed by atoms with E-state index in [1.54, 1.807) is 27.9 Å². The Hall–Kier alpha value is -3.87. The van der Waals surface area contributed by atoms with Crippen molar-refractivity contribution in [2.75, 3.05) is 4.90 Å². The number of nitrogens with zero attached hydrogens (tertiary/aromatic N) is 3. The number of aromatic amines is 1. The minimum Gasteiger partial charge on any atom is -0.441 e. The van der Waals surface area contributed by atoms with E-state index in [1.165, 1.54) is 0 Å². The Morgan fingerprint density at radius 1 is 0.967 bits per heavy atom. The molecule has 0 spiro atoms. The van der Waals surface area contributed by atoms with Crippen LogP contribution in [0.25, 0.3) is 16.7 Å². The highest BCUT2D eigenvalue weighted by Crippen LogP contribution is 2.43. The van der Waals surface area contributed by atoms with Gasteiger partial charge in [0.2, 0.25) is 0 Å². The number of imidazole rings is 1. The highest BCUT2D eigenvalue weighted by Gasteiger charge is 2.49. The van der Waals surface area contributed by atoms with Crippen molar-refractivity contribution in [3.63, 3.8) is 0 Å². The van der Waals surface area contributed by atoms with E-state index >= 15 is 0 Å². The predicted octanol–water partition coefficient (Wildman–Crippen LogP) is 4.19. The largest absolute Gasteiger partial charge is 0.441 e. The molecule has 0 saturated carbocycles. The number of anilines is 1. The third kappa shape index (κ3) is 2.78. The molecule has 150 valence electrons. The smallest absolute Gasteiger partial charge is 0.415 e. The van der Waals surface area contributed by atoms with Gasteiger partial charge in [-0.2, -0.15) is 0 Å². The van der Waals surface area contributed by atoms with Crippen LogP contribution < -0.4 is 10.6 Å². The van der Waals surface area contributed by atoms with Gasteiger partial charge in [-0.1, -0.05) is 30.3 Å². The Labute approximate surface area is 172 Å². The number of cyclic esters (lactones) is 1. The predicted molar refractivity (Wildman–Crippen MR) is 114 cm³/mol. The summed E-state index contributed by atoms with van der Waals surface area (Å²) >= 11 is 0. The molecule has 4 aromatic rings. The van der Waals surface area contributed by atoms with Crippen LogP contribution in [0.3, 0.4) is 0 Å². The monoisotopic (exact) mass is 400 g/mol. The summed E-state index contributed by atoms with van der Waals surface area (Å²) in [6.07, 6.45) is 2.87. The minimum absolute atomic E-state index is 0.241. The summed E-state index contributed by atoms with van der Waals surface area (Å²) in [6.45, 7) is 3.83. The van der Waals surface area contributed by atoms with E-state index in [9.17, 15) is 9.59 Å². The number of carbonyl (C=O) groups excluding carboxylic acids is 1. The molecular weight excluding hydrogens is 380 g/mol. The molecular formula is C23H20N4O3. The summed E-state index contributed by atoms with van der Waals surface area (Å²) < 4.78 is 7.27. The third-order valence-corrected chi connectivity index (χ3v) is 5.45. The van der Waals surface area contributed by atoms with Gasteiger partial charge in [-0.15, -0.1) is 0 Å². The molecule has 30 heavy (non-hydrogen) atoms. The molecule has 0 radical (unpaired) electrons. The van der Waals surface area contributed by atoms with Crippen molar-refractivity contribution in [2.24, 2.45) is 0 Å². The van der Waals surface area contributed by atoms with Crippen molar-refractivity contribution in [2.45, 2.75) is 25.5 Å².